The molecule has 3 rings (SSSR count). The first-order valence-corrected chi connectivity index (χ1v) is 7.71. The van der Waals surface area contributed by atoms with Crippen LogP contribution in [0.15, 0.2) is 24.3 Å². The SMILES string of the molecule is CC(NC(=O)C1C2CCCC21)c1cccc(C#CCO)c1. The fourth-order valence-corrected chi connectivity index (χ4v) is 3.63. The van der Waals surface area contributed by atoms with Crippen LogP contribution in [-0.4, -0.2) is 17.6 Å². The summed E-state index contributed by atoms with van der Waals surface area (Å²) in [6.07, 6.45) is 3.74. The quantitative estimate of drug-likeness (QED) is 0.836. The van der Waals surface area contributed by atoms with Crippen LogP contribution in [0.2, 0.25) is 0 Å². The van der Waals surface area contributed by atoms with Crippen molar-refractivity contribution in [3.63, 3.8) is 0 Å². The van der Waals surface area contributed by atoms with Gasteiger partial charge in [-0.25, -0.2) is 0 Å². The van der Waals surface area contributed by atoms with E-state index in [1.165, 1.54) is 19.3 Å². The molecule has 0 aliphatic heterocycles. The molecule has 2 N–H and O–H groups in total. The van der Waals surface area contributed by atoms with Crippen molar-refractivity contribution in [2.24, 2.45) is 17.8 Å². The lowest BCUT2D eigenvalue weighted by molar-refractivity contribution is -0.123. The predicted molar refractivity (Wildman–Crippen MR) is 81.3 cm³/mol. The van der Waals surface area contributed by atoms with Gasteiger partial charge in [0.15, 0.2) is 0 Å². The molecule has 0 bridgehead atoms. The molecular weight excluding hydrogens is 262 g/mol. The summed E-state index contributed by atoms with van der Waals surface area (Å²) in [5.41, 5.74) is 1.92. The molecule has 1 amide bonds. The van der Waals surface area contributed by atoms with E-state index in [-0.39, 0.29) is 24.5 Å². The van der Waals surface area contributed by atoms with Crippen LogP contribution in [0.25, 0.3) is 0 Å². The van der Waals surface area contributed by atoms with Crippen LogP contribution >= 0.6 is 0 Å². The summed E-state index contributed by atoms with van der Waals surface area (Å²) in [6, 6.07) is 7.82. The third kappa shape index (κ3) is 2.96. The second-order valence-corrected chi connectivity index (χ2v) is 6.10. The zero-order chi connectivity index (χ0) is 14.8. The molecule has 2 aliphatic rings. The van der Waals surface area contributed by atoms with Crippen molar-refractivity contribution >= 4 is 5.91 Å². The molecule has 2 fully saturated rings. The minimum atomic E-state index is -0.138. The lowest BCUT2D eigenvalue weighted by Gasteiger charge is -2.15. The fraction of sp³-hybridized carbons (Fsp3) is 0.500. The Bertz CT molecular complexity index is 589. The number of hydrogen-bond donors (Lipinski definition) is 2. The largest absolute Gasteiger partial charge is 0.384 e. The van der Waals surface area contributed by atoms with Crippen molar-refractivity contribution in [1.82, 2.24) is 5.32 Å². The van der Waals surface area contributed by atoms with Crippen LogP contribution in [0.1, 0.15) is 43.4 Å². The fourth-order valence-electron chi connectivity index (χ4n) is 3.63. The van der Waals surface area contributed by atoms with Gasteiger partial charge in [0.2, 0.25) is 5.91 Å². The summed E-state index contributed by atoms with van der Waals surface area (Å²) in [4.78, 5) is 12.3. The summed E-state index contributed by atoms with van der Waals surface area (Å²) in [5, 5.41) is 11.9. The van der Waals surface area contributed by atoms with Crippen LogP contribution < -0.4 is 5.32 Å². The van der Waals surface area contributed by atoms with Gasteiger partial charge in [0.05, 0.1) is 6.04 Å². The highest BCUT2D eigenvalue weighted by Gasteiger charge is 2.56. The minimum Gasteiger partial charge on any atom is -0.384 e. The number of hydrogen-bond acceptors (Lipinski definition) is 2. The number of benzene rings is 1. The van der Waals surface area contributed by atoms with E-state index in [4.69, 9.17) is 5.11 Å². The number of carbonyl (C=O) groups excluding carboxylic acids is 1. The Morgan fingerprint density at radius 1 is 1.43 bits per heavy atom. The van der Waals surface area contributed by atoms with Gasteiger partial charge in [0, 0.05) is 11.5 Å². The molecule has 110 valence electrons. The maximum atomic E-state index is 12.3. The molecule has 0 aromatic heterocycles. The molecule has 2 aliphatic carbocycles. The minimum absolute atomic E-state index is 0.00490. The molecule has 3 nitrogen and oxygen atoms in total. The number of aliphatic hydroxyl groups excluding tert-OH is 1. The van der Waals surface area contributed by atoms with E-state index in [0.29, 0.717) is 11.8 Å². The van der Waals surface area contributed by atoms with E-state index in [1.54, 1.807) is 0 Å². The molecule has 1 aromatic rings. The summed E-state index contributed by atoms with van der Waals surface area (Å²) < 4.78 is 0. The standard InChI is InChI=1S/C18H21NO2/c1-12(14-7-2-5-13(11-14)6-4-10-20)19-18(21)17-15-8-3-9-16(15)17/h2,5,7,11-12,15-17,20H,3,8-10H2,1H3,(H,19,21). The van der Waals surface area contributed by atoms with Crippen molar-refractivity contribution in [3.05, 3.63) is 35.4 Å². The molecule has 2 saturated carbocycles. The van der Waals surface area contributed by atoms with Crippen LogP contribution in [-0.2, 0) is 4.79 Å². The first kappa shape index (κ1) is 14.2. The van der Waals surface area contributed by atoms with Crippen LogP contribution in [0.5, 0.6) is 0 Å². The second kappa shape index (κ2) is 5.91. The first-order valence-electron chi connectivity index (χ1n) is 7.71. The van der Waals surface area contributed by atoms with Crippen molar-refractivity contribution in [2.75, 3.05) is 6.61 Å². The van der Waals surface area contributed by atoms with E-state index in [0.717, 1.165) is 11.1 Å². The van der Waals surface area contributed by atoms with Gasteiger partial charge in [-0.15, -0.1) is 0 Å². The van der Waals surface area contributed by atoms with Gasteiger partial charge in [-0.05, 0) is 49.3 Å². The molecule has 3 heteroatoms. The number of fused-ring (bicyclic) bond motifs is 1. The molecule has 0 radical (unpaired) electrons. The van der Waals surface area contributed by atoms with Gasteiger partial charge in [-0.3, -0.25) is 4.79 Å². The van der Waals surface area contributed by atoms with Crippen LogP contribution in [0.3, 0.4) is 0 Å². The van der Waals surface area contributed by atoms with Crippen LogP contribution in [0.4, 0.5) is 0 Å². The third-order valence-corrected chi connectivity index (χ3v) is 4.77. The Hall–Kier alpha value is -1.79. The van der Waals surface area contributed by atoms with Crippen LogP contribution in [0, 0.1) is 29.6 Å². The van der Waals surface area contributed by atoms with E-state index < -0.39 is 0 Å². The van der Waals surface area contributed by atoms with Gasteiger partial charge in [-0.2, -0.15) is 0 Å². The van der Waals surface area contributed by atoms with Gasteiger partial charge < -0.3 is 10.4 Å². The molecular formula is C18H21NO2. The Morgan fingerprint density at radius 2 is 2.19 bits per heavy atom. The number of aliphatic hydroxyl groups is 1. The monoisotopic (exact) mass is 283 g/mol. The molecule has 3 atom stereocenters. The zero-order valence-electron chi connectivity index (χ0n) is 12.3. The lowest BCUT2D eigenvalue weighted by atomic mass is 10.0. The molecule has 21 heavy (non-hydrogen) atoms. The highest BCUT2D eigenvalue weighted by molar-refractivity contribution is 5.82. The molecule has 3 unspecified atom stereocenters. The first-order chi connectivity index (χ1) is 10.2. The van der Waals surface area contributed by atoms with E-state index in [9.17, 15) is 4.79 Å². The third-order valence-electron chi connectivity index (χ3n) is 4.77. The topological polar surface area (TPSA) is 49.3 Å². The zero-order valence-corrected chi connectivity index (χ0v) is 12.3. The Morgan fingerprint density at radius 3 is 2.90 bits per heavy atom. The summed E-state index contributed by atoms with van der Waals surface area (Å²) >= 11 is 0. The number of nitrogens with one attached hydrogen (secondary N) is 1. The average molecular weight is 283 g/mol. The normalized spacial score (nSPS) is 27.2. The molecule has 0 heterocycles. The van der Waals surface area contributed by atoms with Crippen molar-refractivity contribution in [3.8, 4) is 11.8 Å². The molecule has 1 aromatic carbocycles. The smallest absolute Gasteiger partial charge is 0.224 e. The van der Waals surface area contributed by atoms with E-state index >= 15 is 0 Å². The molecule has 0 spiro atoms. The Kier molecular flexibility index (Phi) is 3.98. The van der Waals surface area contributed by atoms with Crippen molar-refractivity contribution in [2.45, 2.75) is 32.2 Å². The highest BCUT2D eigenvalue weighted by atomic mass is 16.2. The highest BCUT2D eigenvalue weighted by Crippen LogP contribution is 2.57. The van der Waals surface area contributed by atoms with Gasteiger partial charge in [-0.1, -0.05) is 30.4 Å². The predicted octanol–water partition coefficient (Wildman–Crippen LogP) is 2.25. The summed E-state index contributed by atoms with van der Waals surface area (Å²) in [7, 11) is 0. The van der Waals surface area contributed by atoms with Gasteiger partial charge in [0.25, 0.3) is 0 Å². The summed E-state index contributed by atoms with van der Waals surface area (Å²) in [6.45, 7) is 1.87. The second-order valence-electron chi connectivity index (χ2n) is 6.10. The number of carbonyl (C=O) groups is 1. The van der Waals surface area contributed by atoms with Gasteiger partial charge >= 0.3 is 0 Å². The Labute approximate surface area is 125 Å². The number of rotatable bonds is 3. The molecule has 0 saturated heterocycles. The van der Waals surface area contributed by atoms with E-state index in [1.807, 2.05) is 31.2 Å². The Balaban J connectivity index is 1.62. The summed E-state index contributed by atoms with van der Waals surface area (Å²) in [5.74, 6) is 7.32. The van der Waals surface area contributed by atoms with Gasteiger partial charge in [0.1, 0.15) is 6.61 Å². The number of amides is 1. The van der Waals surface area contributed by atoms with Crippen molar-refractivity contribution < 1.29 is 9.90 Å². The van der Waals surface area contributed by atoms with Crippen molar-refractivity contribution in [1.29, 1.82) is 0 Å². The maximum Gasteiger partial charge on any atom is 0.224 e. The van der Waals surface area contributed by atoms with E-state index in [2.05, 4.69) is 17.2 Å². The lowest BCUT2D eigenvalue weighted by Crippen LogP contribution is -2.29. The average Bonchev–Trinajstić information content (AvgIpc) is 2.99. The maximum absolute atomic E-state index is 12.3.